The Hall–Kier alpha value is -4.60. The fourth-order valence-corrected chi connectivity index (χ4v) is 7.04. The van der Waals surface area contributed by atoms with Gasteiger partial charge in [-0.2, -0.15) is 0 Å². The highest BCUT2D eigenvalue weighted by Gasteiger charge is 2.39. The van der Waals surface area contributed by atoms with Gasteiger partial charge in [-0.15, -0.1) is 0 Å². The molecule has 0 spiro atoms. The lowest BCUT2D eigenvalue weighted by atomic mass is 9.98. The third-order valence-electron chi connectivity index (χ3n) is 7.88. The molecule has 1 aromatic heterocycles. The van der Waals surface area contributed by atoms with E-state index in [4.69, 9.17) is 9.72 Å². The highest BCUT2D eigenvalue weighted by Crippen LogP contribution is 2.47. The van der Waals surface area contributed by atoms with Crippen molar-refractivity contribution >= 4 is 33.7 Å². The van der Waals surface area contributed by atoms with Crippen LogP contribution in [0.5, 0.6) is 5.75 Å². The first-order valence-corrected chi connectivity index (χ1v) is 15.4. The lowest BCUT2D eigenvalue weighted by molar-refractivity contribution is 0.0762. The Balaban J connectivity index is 1.42. The molecule has 3 heterocycles. The van der Waals surface area contributed by atoms with Crippen molar-refractivity contribution in [3.8, 4) is 5.75 Å². The maximum atomic E-state index is 14.3. The summed E-state index contributed by atoms with van der Waals surface area (Å²) in [6, 6.07) is 29.8. The van der Waals surface area contributed by atoms with Crippen LogP contribution in [0.15, 0.2) is 103 Å². The molecule has 5 aromatic rings. The maximum absolute atomic E-state index is 14.3. The van der Waals surface area contributed by atoms with Crippen molar-refractivity contribution < 1.29 is 18.1 Å². The monoisotopic (exact) mass is 592 g/mol. The number of fused-ring (bicyclic) bond motifs is 2. The number of nitrogens with one attached hydrogen (secondary N) is 1. The van der Waals surface area contributed by atoms with Gasteiger partial charge in [-0.25, -0.2) is 13.3 Å². The van der Waals surface area contributed by atoms with E-state index in [0.29, 0.717) is 36.5 Å². The minimum Gasteiger partial charge on any atom is -0.478 e. The average Bonchev–Trinajstić information content (AvgIpc) is 3.36. The molecule has 1 unspecified atom stereocenters. The van der Waals surface area contributed by atoms with Crippen LogP contribution >= 0.6 is 0 Å². The Kier molecular flexibility index (Phi) is 7.34. The number of hydrogen-bond donors (Lipinski definition) is 1. The van der Waals surface area contributed by atoms with Crippen molar-refractivity contribution in [2.24, 2.45) is 0 Å². The summed E-state index contributed by atoms with van der Waals surface area (Å²) < 4.78 is 38.8. The number of ether oxygens (including phenoxy) is 1. The van der Waals surface area contributed by atoms with Gasteiger partial charge in [0.2, 0.25) is 0 Å². The van der Waals surface area contributed by atoms with E-state index in [-0.39, 0.29) is 18.3 Å². The predicted octanol–water partition coefficient (Wildman–Crippen LogP) is 6.08. The third kappa shape index (κ3) is 5.15. The molecule has 1 N–H and O–H groups in total. The largest absolute Gasteiger partial charge is 0.478 e. The first-order chi connectivity index (χ1) is 21.1. The molecular formula is C34H29FN4O3S. The van der Waals surface area contributed by atoms with Crippen LogP contribution in [0, 0.1) is 5.82 Å². The van der Waals surface area contributed by atoms with Gasteiger partial charge in [-0.3, -0.25) is 14.1 Å². The molecule has 216 valence electrons. The zero-order chi connectivity index (χ0) is 29.3. The first-order valence-electron chi connectivity index (χ1n) is 14.3. The Morgan fingerprint density at radius 3 is 2.30 bits per heavy atom. The summed E-state index contributed by atoms with van der Waals surface area (Å²) in [5.41, 5.74) is 5.11. The van der Waals surface area contributed by atoms with Crippen LogP contribution in [0.3, 0.4) is 0 Å². The number of benzene rings is 4. The highest BCUT2D eigenvalue weighted by molar-refractivity contribution is 7.84. The van der Waals surface area contributed by atoms with E-state index >= 15 is 0 Å². The number of pyridine rings is 1. The van der Waals surface area contributed by atoms with Crippen molar-refractivity contribution in [1.29, 1.82) is 0 Å². The molecule has 0 aliphatic carbocycles. The number of halogens is 1. The van der Waals surface area contributed by atoms with E-state index < -0.39 is 17.3 Å². The van der Waals surface area contributed by atoms with Crippen molar-refractivity contribution in [3.63, 3.8) is 0 Å². The Morgan fingerprint density at radius 2 is 1.63 bits per heavy atom. The molecule has 2 aliphatic heterocycles. The number of amides is 1. The summed E-state index contributed by atoms with van der Waals surface area (Å²) >= 11 is -1.47. The van der Waals surface area contributed by atoms with E-state index in [1.54, 1.807) is 23.2 Å². The third-order valence-corrected chi connectivity index (χ3v) is 9.10. The van der Waals surface area contributed by atoms with E-state index in [1.165, 1.54) is 12.1 Å². The highest BCUT2D eigenvalue weighted by atomic mass is 32.2. The SMILES string of the molecule is O=C1c2c(c(N3CCCNS3=O)c3cccnc3c2OC(c2ccccc2)c2ccccc2)CN1Cc1ccc(F)cc1. The zero-order valence-electron chi connectivity index (χ0n) is 23.3. The molecule has 7 nitrogen and oxygen atoms in total. The molecule has 4 aromatic carbocycles. The first kappa shape index (κ1) is 27.2. The molecule has 0 saturated carbocycles. The molecule has 1 saturated heterocycles. The van der Waals surface area contributed by atoms with E-state index in [1.807, 2.05) is 77.1 Å². The molecule has 1 fully saturated rings. The molecule has 1 atom stereocenters. The number of nitrogens with zero attached hydrogens (tertiary/aromatic N) is 3. The van der Waals surface area contributed by atoms with Crippen molar-refractivity contribution in [3.05, 3.63) is 137 Å². The van der Waals surface area contributed by atoms with Crippen molar-refractivity contribution in [1.82, 2.24) is 14.6 Å². The Morgan fingerprint density at radius 1 is 0.930 bits per heavy atom. The Labute approximate surface area is 251 Å². The quantitative estimate of drug-likeness (QED) is 0.249. The van der Waals surface area contributed by atoms with Gasteiger partial charge < -0.3 is 9.64 Å². The smallest absolute Gasteiger partial charge is 0.258 e. The van der Waals surface area contributed by atoms with Crippen LogP contribution in [0.2, 0.25) is 0 Å². The number of hydrogen-bond acceptors (Lipinski definition) is 4. The summed E-state index contributed by atoms with van der Waals surface area (Å²) in [6.45, 7) is 1.79. The number of rotatable bonds is 7. The summed E-state index contributed by atoms with van der Waals surface area (Å²) in [7, 11) is 0. The second-order valence-electron chi connectivity index (χ2n) is 10.6. The summed E-state index contributed by atoms with van der Waals surface area (Å²) in [4.78, 5) is 20.8. The molecule has 0 radical (unpaired) electrons. The minimum atomic E-state index is -1.47. The van der Waals surface area contributed by atoms with E-state index in [2.05, 4.69) is 4.72 Å². The maximum Gasteiger partial charge on any atom is 0.258 e. The van der Waals surface area contributed by atoms with Crippen LogP contribution < -0.4 is 13.8 Å². The standard InChI is InChI=1S/C34H29FN4O3S/c35-26-16-14-23(15-17-26)21-38-22-28-29(34(38)40)33(42-32(24-9-3-1-4-10-24)25-11-5-2-6-12-25)30-27(13-7-18-36-30)31(28)39-20-8-19-37-43(39)41/h1-7,9-18,32,37H,8,19-22H2. The summed E-state index contributed by atoms with van der Waals surface area (Å²) in [5.74, 6) is -0.142. The zero-order valence-corrected chi connectivity index (χ0v) is 24.1. The van der Waals surface area contributed by atoms with Crippen LogP contribution in [-0.2, 0) is 24.3 Å². The average molecular weight is 593 g/mol. The normalized spacial score (nSPS) is 16.6. The molecule has 9 heteroatoms. The fraction of sp³-hybridized carbons (Fsp3) is 0.176. The van der Waals surface area contributed by atoms with Crippen molar-refractivity contribution in [2.45, 2.75) is 25.6 Å². The van der Waals surface area contributed by atoms with Gasteiger partial charge in [0.15, 0.2) is 16.9 Å². The minimum absolute atomic E-state index is 0.209. The van der Waals surface area contributed by atoms with Gasteiger partial charge in [0.25, 0.3) is 5.91 Å². The van der Waals surface area contributed by atoms with Crippen LogP contribution in [-0.4, -0.2) is 33.1 Å². The number of carbonyl (C=O) groups excluding carboxylic acids is 1. The van der Waals surface area contributed by atoms with E-state index in [0.717, 1.165) is 39.7 Å². The van der Waals surface area contributed by atoms with Gasteiger partial charge >= 0.3 is 0 Å². The number of aromatic nitrogens is 1. The predicted molar refractivity (Wildman–Crippen MR) is 165 cm³/mol. The summed E-state index contributed by atoms with van der Waals surface area (Å²) in [6.07, 6.45) is 1.98. The molecule has 2 aliphatic rings. The van der Waals surface area contributed by atoms with Gasteiger partial charge in [-0.05, 0) is 47.4 Å². The number of anilines is 1. The fourth-order valence-electron chi connectivity index (χ4n) is 5.89. The van der Waals surface area contributed by atoms with Crippen LogP contribution in [0.25, 0.3) is 10.9 Å². The van der Waals surface area contributed by atoms with Crippen LogP contribution in [0.4, 0.5) is 10.1 Å². The lowest BCUT2D eigenvalue weighted by Crippen LogP contribution is -2.42. The van der Waals surface area contributed by atoms with E-state index in [9.17, 15) is 13.4 Å². The number of carbonyl (C=O) groups is 1. The van der Waals surface area contributed by atoms with Gasteiger partial charge in [-0.1, -0.05) is 72.8 Å². The van der Waals surface area contributed by atoms with Crippen LogP contribution in [0.1, 0.15) is 45.1 Å². The molecular weight excluding hydrogens is 563 g/mol. The molecule has 0 bridgehead atoms. The second-order valence-corrected chi connectivity index (χ2v) is 11.9. The Bertz CT molecular complexity index is 1780. The second kappa shape index (κ2) is 11.6. The van der Waals surface area contributed by atoms with Crippen molar-refractivity contribution in [2.75, 3.05) is 17.4 Å². The topological polar surface area (TPSA) is 74.8 Å². The molecule has 1 amide bonds. The molecule has 7 rings (SSSR count). The van der Waals surface area contributed by atoms with Gasteiger partial charge in [0.1, 0.15) is 17.4 Å². The molecule has 43 heavy (non-hydrogen) atoms. The summed E-state index contributed by atoms with van der Waals surface area (Å²) in [5, 5.41) is 0.768. The van der Waals surface area contributed by atoms with Gasteiger partial charge in [0, 0.05) is 43.3 Å². The lowest BCUT2D eigenvalue weighted by Gasteiger charge is -2.31. The van der Waals surface area contributed by atoms with Gasteiger partial charge in [0.05, 0.1) is 11.3 Å².